The van der Waals surface area contributed by atoms with Crippen LogP contribution in [0.5, 0.6) is 0 Å². The summed E-state index contributed by atoms with van der Waals surface area (Å²) in [6, 6.07) is 0. The Morgan fingerprint density at radius 3 is 2.21 bits per heavy atom. The fourth-order valence-electron chi connectivity index (χ4n) is 10.8. The van der Waals surface area contributed by atoms with Crippen molar-refractivity contribution in [3.63, 3.8) is 0 Å². The zero-order valence-corrected chi connectivity index (χ0v) is 23.5. The summed E-state index contributed by atoms with van der Waals surface area (Å²) in [5.41, 5.74) is 4.22. The minimum atomic E-state index is -0.132. The van der Waals surface area contributed by atoms with Gasteiger partial charge in [0.15, 0.2) is 0 Å². The van der Waals surface area contributed by atoms with Gasteiger partial charge in [0.2, 0.25) is 0 Å². The van der Waals surface area contributed by atoms with Gasteiger partial charge in [-0.3, -0.25) is 0 Å². The van der Waals surface area contributed by atoms with Gasteiger partial charge in [0, 0.05) is 0 Å². The third-order valence-electron chi connectivity index (χ3n) is 14.0. The molecule has 5 aliphatic carbocycles. The quantitative estimate of drug-likeness (QED) is 0.421. The highest BCUT2D eigenvalue weighted by molar-refractivity contribution is 5.32. The number of allylic oxidation sites excluding steroid dienone is 2. The lowest BCUT2D eigenvalue weighted by Crippen LogP contribution is -2.57. The maximum Gasteiger partial charge on any atom is 0.0594 e. The van der Waals surface area contributed by atoms with Crippen molar-refractivity contribution in [2.45, 2.75) is 133 Å². The van der Waals surface area contributed by atoms with Gasteiger partial charge in [0.1, 0.15) is 0 Å². The molecule has 0 radical (unpaired) electrons. The molecule has 0 heterocycles. The molecule has 5 aliphatic rings. The highest BCUT2D eigenvalue weighted by Crippen LogP contribution is 2.73. The van der Waals surface area contributed by atoms with E-state index in [1.807, 2.05) is 5.57 Å². The number of hydrogen-bond acceptors (Lipinski definition) is 1. The summed E-state index contributed by atoms with van der Waals surface area (Å²) in [5.74, 6) is 3.11. The predicted molar refractivity (Wildman–Crippen MR) is 140 cm³/mol. The second-order valence-electron chi connectivity index (χ2n) is 16.0. The van der Waals surface area contributed by atoms with Gasteiger partial charge in [0.25, 0.3) is 0 Å². The molecule has 1 nitrogen and oxygen atoms in total. The summed E-state index contributed by atoms with van der Waals surface area (Å²) in [6.45, 7) is 22.8. The molecule has 0 aromatic heterocycles. The molecule has 0 aromatic rings. The Hall–Kier alpha value is -0.300. The van der Waals surface area contributed by atoms with Crippen LogP contribution in [0.1, 0.15) is 127 Å². The van der Waals surface area contributed by atoms with Crippen LogP contribution in [0, 0.1) is 56.2 Å². The number of rotatable bonds is 4. The van der Waals surface area contributed by atoms with Crippen LogP contribution < -0.4 is 0 Å². The van der Waals surface area contributed by atoms with Crippen LogP contribution in [0.15, 0.2) is 11.6 Å². The molecular weight excluding hydrogens is 400 g/mol. The van der Waals surface area contributed by atoms with Crippen molar-refractivity contribution in [3.05, 3.63) is 11.6 Å². The van der Waals surface area contributed by atoms with Gasteiger partial charge in [-0.15, -0.1) is 0 Å². The molecule has 0 aliphatic heterocycles. The summed E-state index contributed by atoms with van der Waals surface area (Å²) in [5, 5.41) is 10.8. The van der Waals surface area contributed by atoms with Crippen LogP contribution in [0.3, 0.4) is 0 Å². The van der Waals surface area contributed by atoms with Crippen LogP contribution in [-0.2, 0) is 0 Å². The molecule has 188 valence electrons. The van der Waals surface area contributed by atoms with Crippen molar-refractivity contribution in [2.75, 3.05) is 0 Å². The molecule has 1 heteroatoms. The average molecular weight is 455 g/mol. The van der Waals surface area contributed by atoms with E-state index < -0.39 is 0 Å². The van der Waals surface area contributed by atoms with Crippen LogP contribution in [0.4, 0.5) is 0 Å². The number of aliphatic hydroxyl groups excluding tert-OH is 1. The molecule has 5 rings (SSSR count). The maximum absolute atomic E-state index is 10.8. The Morgan fingerprint density at radius 2 is 1.58 bits per heavy atom. The van der Waals surface area contributed by atoms with Crippen LogP contribution in [0.2, 0.25) is 0 Å². The first-order valence-electron chi connectivity index (χ1n) is 14.5. The van der Waals surface area contributed by atoms with Crippen LogP contribution in [-0.4, -0.2) is 11.2 Å². The molecule has 0 aromatic carbocycles. The Balaban J connectivity index is 1.40. The van der Waals surface area contributed by atoms with Gasteiger partial charge >= 0.3 is 0 Å². The van der Waals surface area contributed by atoms with E-state index >= 15 is 0 Å². The Labute approximate surface area is 205 Å². The number of aliphatic hydroxyl groups is 1. The topological polar surface area (TPSA) is 20.2 Å². The Kier molecular flexibility index (Phi) is 5.28. The molecule has 4 fully saturated rings. The summed E-state index contributed by atoms with van der Waals surface area (Å²) in [6.07, 6.45) is 15.9. The highest BCUT2D eigenvalue weighted by Gasteiger charge is 2.65. The largest absolute Gasteiger partial charge is 0.393 e. The van der Waals surface area contributed by atoms with Crippen LogP contribution >= 0.6 is 0 Å². The molecule has 0 bridgehead atoms. The van der Waals surface area contributed by atoms with E-state index in [4.69, 9.17) is 0 Å². The fourth-order valence-corrected chi connectivity index (χ4v) is 10.8. The molecule has 9 atom stereocenters. The number of fused-ring (bicyclic) bond motifs is 5. The minimum Gasteiger partial charge on any atom is -0.393 e. The lowest BCUT2D eigenvalue weighted by Gasteiger charge is -2.64. The maximum atomic E-state index is 10.8. The monoisotopic (exact) mass is 454 g/mol. The zero-order chi connectivity index (χ0) is 24.2. The van der Waals surface area contributed by atoms with Gasteiger partial charge in [-0.25, -0.2) is 0 Å². The first kappa shape index (κ1) is 24.4. The first-order valence-corrected chi connectivity index (χ1v) is 14.5. The van der Waals surface area contributed by atoms with Crippen molar-refractivity contribution in [3.8, 4) is 0 Å². The Bertz CT molecular complexity index is 835. The van der Waals surface area contributed by atoms with Gasteiger partial charge < -0.3 is 5.11 Å². The molecule has 33 heavy (non-hydrogen) atoms. The third kappa shape index (κ3) is 3.12. The highest BCUT2D eigenvalue weighted by atomic mass is 16.3. The molecule has 0 spiro atoms. The Morgan fingerprint density at radius 1 is 0.909 bits per heavy atom. The van der Waals surface area contributed by atoms with Crippen molar-refractivity contribution in [1.29, 1.82) is 0 Å². The summed E-state index contributed by atoms with van der Waals surface area (Å²) >= 11 is 0. The molecule has 1 N–H and O–H groups in total. The average Bonchev–Trinajstić information content (AvgIpc) is 3.09. The summed E-state index contributed by atoms with van der Waals surface area (Å²) in [7, 11) is 0. The molecule has 0 unspecified atom stereocenters. The lowest BCUT2D eigenvalue weighted by atomic mass is 9.41. The molecule has 0 saturated heterocycles. The normalized spacial score (nSPS) is 52.8. The second kappa shape index (κ2) is 7.14. The van der Waals surface area contributed by atoms with E-state index in [2.05, 4.69) is 68.4 Å². The molecule has 0 amide bonds. The summed E-state index contributed by atoms with van der Waals surface area (Å²) in [4.78, 5) is 0. The SMILES string of the molecule is C[C@H](CC[C@@]1(C)CC1(C)C)[C@H]1CC[C@@]2(C)[C@@H]3CC[C@@H]4C(C)(C)[C@@H](O)CC[C@]4(C)C3=CC[C@]12C. The predicted octanol–water partition coefficient (Wildman–Crippen LogP) is 8.81. The molecular formula is C32H54O. The van der Waals surface area contributed by atoms with E-state index in [0.29, 0.717) is 33.0 Å². The van der Waals surface area contributed by atoms with E-state index in [1.54, 1.807) is 0 Å². The van der Waals surface area contributed by atoms with Crippen LogP contribution in [0.25, 0.3) is 0 Å². The van der Waals surface area contributed by atoms with Gasteiger partial charge in [-0.05, 0) is 120 Å². The van der Waals surface area contributed by atoms with Crippen molar-refractivity contribution < 1.29 is 5.11 Å². The summed E-state index contributed by atoms with van der Waals surface area (Å²) < 4.78 is 0. The number of hydrogen-bond donors (Lipinski definition) is 1. The van der Waals surface area contributed by atoms with Gasteiger partial charge in [-0.1, -0.05) is 74.0 Å². The van der Waals surface area contributed by atoms with Crippen molar-refractivity contribution in [2.24, 2.45) is 56.2 Å². The molecule has 4 saturated carbocycles. The lowest BCUT2D eigenvalue weighted by molar-refractivity contribution is -0.118. The van der Waals surface area contributed by atoms with E-state index in [9.17, 15) is 5.11 Å². The van der Waals surface area contributed by atoms with E-state index in [0.717, 1.165) is 24.2 Å². The van der Waals surface area contributed by atoms with Crippen molar-refractivity contribution >= 4 is 0 Å². The smallest absolute Gasteiger partial charge is 0.0594 e. The zero-order valence-electron chi connectivity index (χ0n) is 23.5. The fraction of sp³-hybridized carbons (Fsp3) is 0.938. The minimum absolute atomic E-state index is 0.0416. The van der Waals surface area contributed by atoms with Gasteiger partial charge in [0.05, 0.1) is 6.10 Å². The standard InChI is InChI=1S/C32H54O/c1-21(12-16-29(6)20-27(29,2)3)22-13-18-32(9)24-10-11-25-28(4,5)26(33)15-17-30(25,7)23(24)14-19-31(22,32)8/h14,21-22,24-26,33H,10-13,15-20H2,1-9H3/t21-,22-,24-,25-,26+,29+,30-,31-,32+/m1/s1. The van der Waals surface area contributed by atoms with E-state index in [1.165, 1.54) is 57.8 Å². The first-order chi connectivity index (χ1) is 15.1. The van der Waals surface area contributed by atoms with Gasteiger partial charge in [-0.2, -0.15) is 0 Å². The van der Waals surface area contributed by atoms with Crippen molar-refractivity contribution in [1.82, 2.24) is 0 Å². The third-order valence-corrected chi connectivity index (χ3v) is 14.0. The van der Waals surface area contributed by atoms with E-state index in [-0.39, 0.29) is 11.5 Å². The second-order valence-corrected chi connectivity index (χ2v) is 16.0.